The van der Waals surface area contributed by atoms with E-state index in [1.807, 2.05) is 24.3 Å². The van der Waals surface area contributed by atoms with Gasteiger partial charge in [-0.05, 0) is 13.0 Å². The molecule has 0 spiro atoms. The van der Waals surface area contributed by atoms with Crippen molar-refractivity contribution in [2.24, 2.45) is 0 Å². The molecule has 0 saturated carbocycles. The number of carbonyl (C=O) groups excluding carboxylic acids is 2. The lowest BCUT2D eigenvalue weighted by atomic mass is 10.1. The number of aryl methyl sites for hydroxylation is 1. The molecule has 2 aromatic rings. The van der Waals surface area contributed by atoms with Gasteiger partial charge in [-0.25, -0.2) is 0 Å². The lowest BCUT2D eigenvalue weighted by Crippen LogP contribution is -2.00. The van der Waals surface area contributed by atoms with E-state index in [4.69, 9.17) is 0 Å². The summed E-state index contributed by atoms with van der Waals surface area (Å²) in [6.07, 6.45) is 0.350. The van der Waals surface area contributed by atoms with Crippen molar-refractivity contribution < 1.29 is 9.59 Å². The second-order valence-electron chi connectivity index (χ2n) is 3.15. The molecule has 0 unspecified atom stereocenters. The van der Waals surface area contributed by atoms with Gasteiger partial charge in [0, 0.05) is 16.6 Å². The lowest BCUT2D eigenvalue weighted by Gasteiger charge is -1.92. The number of hydrogen-bond acceptors (Lipinski definition) is 2. The Morgan fingerprint density at radius 3 is 2.79 bits per heavy atom. The van der Waals surface area contributed by atoms with Crippen molar-refractivity contribution in [1.82, 2.24) is 4.98 Å². The number of Topliss-reactive ketones (excluding diaryl/α,β-unsaturated/α-hetero) is 1. The SMILES string of the molecule is Cc1[nH]c2ccccc2c1C(=O)C=O. The molecule has 0 aliphatic rings. The average molecular weight is 187 g/mol. The summed E-state index contributed by atoms with van der Waals surface area (Å²) in [6, 6.07) is 7.43. The van der Waals surface area contributed by atoms with Gasteiger partial charge in [-0.1, -0.05) is 18.2 Å². The molecule has 0 aliphatic carbocycles. The second kappa shape index (κ2) is 3.10. The zero-order chi connectivity index (χ0) is 10.1. The Morgan fingerprint density at radius 1 is 1.36 bits per heavy atom. The Hall–Kier alpha value is -1.90. The van der Waals surface area contributed by atoms with Crippen LogP contribution < -0.4 is 0 Å². The van der Waals surface area contributed by atoms with Gasteiger partial charge in [0.25, 0.3) is 0 Å². The van der Waals surface area contributed by atoms with Crippen molar-refractivity contribution in [3.05, 3.63) is 35.5 Å². The number of carbonyl (C=O) groups is 2. The van der Waals surface area contributed by atoms with Crippen LogP contribution in [-0.2, 0) is 4.79 Å². The molecule has 0 amide bonds. The van der Waals surface area contributed by atoms with Crippen LogP contribution in [-0.4, -0.2) is 17.1 Å². The quantitative estimate of drug-likeness (QED) is 0.443. The molecule has 0 fully saturated rings. The van der Waals surface area contributed by atoms with Crippen LogP contribution in [0.1, 0.15) is 16.1 Å². The van der Waals surface area contributed by atoms with Crippen molar-refractivity contribution in [3.8, 4) is 0 Å². The topological polar surface area (TPSA) is 49.9 Å². The number of H-pyrrole nitrogens is 1. The van der Waals surface area contributed by atoms with E-state index >= 15 is 0 Å². The molecular formula is C11H9NO2. The molecule has 0 bridgehead atoms. The molecule has 0 atom stereocenters. The van der Waals surface area contributed by atoms with Gasteiger partial charge in [0.15, 0.2) is 6.29 Å². The highest BCUT2D eigenvalue weighted by molar-refractivity contribution is 6.36. The average Bonchev–Trinajstić information content (AvgIpc) is 2.53. The number of hydrogen-bond donors (Lipinski definition) is 1. The number of aromatic amines is 1. The number of ketones is 1. The van der Waals surface area contributed by atoms with E-state index in [9.17, 15) is 9.59 Å². The van der Waals surface area contributed by atoms with Crippen molar-refractivity contribution in [2.75, 3.05) is 0 Å². The summed E-state index contributed by atoms with van der Waals surface area (Å²) in [4.78, 5) is 24.8. The molecule has 1 aromatic heterocycles. The Kier molecular flexibility index (Phi) is 1.93. The highest BCUT2D eigenvalue weighted by atomic mass is 16.2. The fraction of sp³-hybridized carbons (Fsp3) is 0.0909. The van der Waals surface area contributed by atoms with Crippen LogP contribution in [0.15, 0.2) is 24.3 Å². The summed E-state index contributed by atoms with van der Waals surface area (Å²) >= 11 is 0. The summed E-state index contributed by atoms with van der Waals surface area (Å²) in [5, 5.41) is 0.808. The minimum absolute atomic E-state index is 0.350. The number of para-hydroxylation sites is 1. The van der Waals surface area contributed by atoms with Crippen LogP contribution >= 0.6 is 0 Å². The minimum Gasteiger partial charge on any atom is -0.358 e. The summed E-state index contributed by atoms with van der Waals surface area (Å²) in [7, 11) is 0. The van der Waals surface area contributed by atoms with Crippen LogP contribution in [0.4, 0.5) is 0 Å². The maximum atomic E-state index is 11.3. The standard InChI is InChI=1S/C11H9NO2/c1-7-11(10(14)6-13)8-4-2-3-5-9(8)12-7/h2-6,12H,1H3. The maximum absolute atomic E-state index is 11.3. The zero-order valence-corrected chi connectivity index (χ0v) is 7.70. The van der Waals surface area contributed by atoms with E-state index in [0.717, 1.165) is 16.6 Å². The Bertz CT molecular complexity index is 511. The third-order valence-electron chi connectivity index (χ3n) is 2.25. The number of benzene rings is 1. The number of aromatic nitrogens is 1. The largest absolute Gasteiger partial charge is 0.358 e. The van der Waals surface area contributed by atoms with Gasteiger partial charge in [0.1, 0.15) is 0 Å². The first-order valence-corrected chi connectivity index (χ1v) is 4.31. The van der Waals surface area contributed by atoms with Gasteiger partial charge < -0.3 is 4.98 Å². The van der Waals surface area contributed by atoms with E-state index in [-0.39, 0.29) is 0 Å². The second-order valence-corrected chi connectivity index (χ2v) is 3.15. The molecule has 1 N–H and O–H groups in total. The van der Waals surface area contributed by atoms with Crippen molar-refractivity contribution in [2.45, 2.75) is 6.92 Å². The van der Waals surface area contributed by atoms with Gasteiger partial charge >= 0.3 is 0 Å². The Balaban J connectivity index is 2.80. The first-order valence-electron chi connectivity index (χ1n) is 4.31. The molecule has 1 aromatic carbocycles. The Morgan fingerprint density at radius 2 is 2.07 bits per heavy atom. The van der Waals surface area contributed by atoms with Crippen molar-refractivity contribution in [1.29, 1.82) is 0 Å². The smallest absolute Gasteiger partial charge is 0.227 e. The van der Waals surface area contributed by atoms with Crippen LogP contribution in [0.5, 0.6) is 0 Å². The number of aldehydes is 1. The van der Waals surface area contributed by atoms with Crippen LogP contribution in [0, 0.1) is 6.92 Å². The lowest BCUT2D eigenvalue weighted by molar-refractivity contribution is -0.104. The van der Waals surface area contributed by atoms with Gasteiger partial charge in [0.2, 0.25) is 5.78 Å². The highest BCUT2D eigenvalue weighted by Crippen LogP contribution is 2.21. The third kappa shape index (κ3) is 1.14. The molecule has 0 saturated heterocycles. The van der Waals surface area contributed by atoms with Crippen LogP contribution in [0.25, 0.3) is 10.9 Å². The fourth-order valence-corrected chi connectivity index (χ4v) is 1.65. The van der Waals surface area contributed by atoms with E-state index in [2.05, 4.69) is 4.98 Å². The summed E-state index contributed by atoms with van der Waals surface area (Å²) in [5.41, 5.74) is 2.11. The van der Waals surface area contributed by atoms with E-state index in [0.29, 0.717) is 11.8 Å². The Labute approximate surface area is 80.7 Å². The number of nitrogens with one attached hydrogen (secondary N) is 1. The zero-order valence-electron chi connectivity index (χ0n) is 7.70. The molecular weight excluding hydrogens is 178 g/mol. The van der Waals surface area contributed by atoms with Crippen molar-refractivity contribution >= 4 is 23.0 Å². The van der Waals surface area contributed by atoms with Gasteiger partial charge in [-0.2, -0.15) is 0 Å². The third-order valence-corrected chi connectivity index (χ3v) is 2.25. The van der Waals surface area contributed by atoms with E-state index in [1.165, 1.54) is 0 Å². The molecule has 2 rings (SSSR count). The fourth-order valence-electron chi connectivity index (χ4n) is 1.65. The number of fused-ring (bicyclic) bond motifs is 1. The summed E-state index contributed by atoms with van der Waals surface area (Å²) in [6.45, 7) is 1.79. The van der Waals surface area contributed by atoms with E-state index < -0.39 is 5.78 Å². The molecule has 3 heteroatoms. The highest BCUT2D eigenvalue weighted by Gasteiger charge is 2.14. The van der Waals surface area contributed by atoms with Gasteiger partial charge in [-0.15, -0.1) is 0 Å². The molecule has 3 nitrogen and oxygen atoms in total. The maximum Gasteiger partial charge on any atom is 0.227 e. The number of rotatable bonds is 2. The minimum atomic E-state index is -0.472. The molecule has 0 radical (unpaired) electrons. The first-order chi connectivity index (χ1) is 6.74. The summed E-state index contributed by atoms with van der Waals surface area (Å²) in [5.74, 6) is -0.472. The monoisotopic (exact) mass is 187 g/mol. The predicted molar refractivity (Wildman–Crippen MR) is 53.4 cm³/mol. The first kappa shape index (κ1) is 8.69. The van der Waals surface area contributed by atoms with Crippen LogP contribution in [0.3, 0.4) is 0 Å². The molecule has 70 valence electrons. The molecule has 1 heterocycles. The molecule has 14 heavy (non-hydrogen) atoms. The van der Waals surface area contributed by atoms with Crippen molar-refractivity contribution in [3.63, 3.8) is 0 Å². The molecule has 0 aliphatic heterocycles. The predicted octanol–water partition coefficient (Wildman–Crippen LogP) is 1.86. The van der Waals surface area contributed by atoms with Crippen LogP contribution in [0.2, 0.25) is 0 Å². The van der Waals surface area contributed by atoms with Gasteiger partial charge in [0.05, 0.1) is 5.56 Å². The van der Waals surface area contributed by atoms with E-state index in [1.54, 1.807) is 6.92 Å². The summed E-state index contributed by atoms with van der Waals surface area (Å²) < 4.78 is 0. The van der Waals surface area contributed by atoms with Gasteiger partial charge in [-0.3, -0.25) is 9.59 Å². The normalized spacial score (nSPS) is 10.4.